The zero-order valence-electron chi connectivity index (χ0n) is 12.3. The van der Waals surface area contributed by atoms with E-state index >= 15 is 0 Å². The molecule has 0 aliphatic carbocycles. The van der Waals surface area contributed by atoms with Gasteiger partial charge in [-0.25, -0.2) is 0 Å². The van der Waals surface area contributed by atoms with Crippen LogP contribution < -0.4 is 14.8 Å². The van der Waals surface area contributed by atoms with Crippen molar-refractivity contribution in [3.8, 4) is 11.5 Å². The van der Waals surface area contributed by atoms with Gasteiger partial charge in [0, 0.05) is 0 Å². The van der Waals surface area contributed by atoms with E-state index in [1.165, 1.54) is 25.7 Å². The van der Waals surface area contributed by atoms with Gasteiger partial charge < -0.3 is 14.8 Å². The van der Waals surface area contributed by atoms with Gasteiger partial charge in [0.2, 0.25) is 0 Å². The second kappa shape index (κ2) is 10.7. The minimum absolute atomic E-state index is 0.767. The number of hydrogen-bond acceptors (Lipinski definition) is 3. The molecular weight excluding hydrogens is 238 g/mol. The highest BCUT2D eigenvalue weighted by Crippen LogP contribution is 2.25. The van der Waals surface area contributed by atoms with E-state index in [2.05, 4.69) is 12.2 Å². The molecule has 0 radical (unpaired) electrons. The average molecular weight is 265 g/mol. The molecule has 1 aromatic carbocycles. The Bertz CT molecular complexity index is 328. The molecule has 0 atom stereocenters. The highest BCUT2D eigenvalue weighted by atomic mass is 16.5. The number of unbranched alkanes of at least 4 members (excludes halogenated alkanes) is 3. The van der Waals surface area contributed by atoms with Crippen LogP contribution >= 0.6 is 0 Å². The Morgan fingerprint density at radius 2 is 1.68 bits per heavy atom. The first-order valence-corrected chi connectivity index (χ1v) is 7.35. The molecule has 0 heterocycles. The summed E-state index contributed by atoms with van der Waals surface area (Å²) in [6.45, 7) is 5.24. The molecular formula is C16H27NO2. The van der Waals surface area contributed by atoms with Crippen LogP contribution in [0, 0.1) is 0 Å². The third kappa shape index (κ3) is 7.06. The van der Waals surface area contributed by atoms with Gasteiger partial charge in [0.1, 0.15) is 0 Å². The zero-order valence-corrected chi connectivity index (χ0v) is 12.3. The Kier molecular flexibility index (Phi) is 8.90. The van der Waals surface area contributed by atoms with Gasteiger partial charge in [-0.2, -0.15) is 0 Å². The minimum Gasteiger partial charge on any atom is -0.493 e. The summed E-state index contributed by atoms with van der Waals surface area (Å²) in [7, 11) is 1.67. The molecule has 1 rings (SSSR count). The highest BCUT2D eigenvalue weighted by molar-refractivity contribution is 5.39. The van der Waals surface area contributed by atoms with Crippen molar-refractivity contribution in [2.24, 2.45) is 0 Å². The normalized spacial score (nSPS) is 10.4. The third-order valence-electron chi connectivity index (χ3n) is 3.00. The van der Waals surface area contributed by atoms with Crippen molar-refractivity contribution in [3.63, 3.8) is 0 Å². The van der Waals surface area contributed by atoms with E-state index in [1.54, 1.807) is 7.11 Å². The molecule has 0 aromatic heterocycles. The predicted octanol–water partition coefficient (Wildman–Crippen LogP) is 3.63. The van der Waals surface area contributed by atoms with Gasteiger partial charge in [-0.15, -0.1) is 0 Å². The molecule has 3 heteroatoms. The van der Waals surface area contributed by atoms with Crippen molar-refractivity contribution >= 4 is 0 Å². The van der Waals surface area contributed by atoms with Crippen molar-refractivity contribution in [3.05, 3.63) is 24.3 Å². The largest absolute Gasteiger partial charge is 0.493 e. The maximum Gasteiger partial charge on any atom is 0.161 e. The summed E-state index contributed by atoms with van der Waals surface area (Å²) in [6.07, 6.45) is 6.07. The lowest BCUT2D eigenvalue weighted by Gasteiger charge is -2.10. The molecule has 0 aliphatic heterocycles. The van der Waals surface area contributed by atoms with Crippen LogP contribution in [0.1, 0.15) is 39.0 Å². The number of hydrogen-bond donors (Lipinski definition) is 1. The molecule has 0 unspecified atom stereocenters. The van der Waals surface area contributed by atoms with Crippen LogP contribution in [0.2, 0.25) is 0 Å². The first-order chi connectivity index (χ1) is 9.38. The quantitative estimate of drug-likeness (QED) is 0.620. The fourth-order valence-electron chi connectivity index (χ4n) is 1.93. The Morgan fingerprint density at radius 3 is 2.42 bits per heavy atom. The summed E-state index contributed by atoms with van der Waals surface area (Å²) >= 11 is 0. The summed E-state index contributed by atoms with van der Waals surface area (Å²) in [5.41, 5.74) is 0. The first kappa shape index (κ1) is 15.8. The second-order valence-corrected chi connectivity index (χ2v) is 4.66. The Hall–Kier alpha value is -1.22. The van der Waals surface area contributed by atoms with E-state index in [1.807, 2.05) is 24.3 Å². The van der Waals surface area contributed by atoms with E-state index in [4.69, 9.17) is 9.47 Å². The molecule has 0 saturated heterocycles. The van der Waals surface area contributed by atoms with Crippen LogP contribution in [0.15, 0.2) is 24.3 Å². The SMILES string of the molecule is CCCNCCCCCCOc1ccccc1OC. The Balaban J connectivity index is 2.01. The third-order valence-corrected chi connectivity index (χ3v) is 3.00. The van der Waals surface area contributed by atoms with Gasteiger partial charge in [-0.05, 0) is 44.5 Å². The molecule has 0 bridgehead atoms. The van der Waals surface area contributed by atoms with Gasteiger partial charge in [0.25, 0.3) is 0 Å². The maximum atomic E-state index is 5.73. The van der Waals surface area contributed by atoms with Crippen LogP contribution in [-0.4, -0.2) is 26.8 Å². The molecule has 0 amide bonds. The van der Waals surface area contributed by atoms with E-state index < -0.39 is 0 Å². The van der Waals surface area contributed by atoms with Crippen molar-refractivity contribution in [2.75, 3.05) is 26.8 Å². The number of rotatable bonds is 11. The van der Waals surface area contributed by atoms with Gasteiger partial charge >= 0.3 is 0 Å². The predicted molar refractivity (Wildman–Crippen MR) is 80.1 cm³/mol. The summed E-state index contributed by atoms with van der Waals surface area (Å²) in [5, 5.41) is 3.42. The lowest BCUT2D eigenvalue weighted by Crippen LogP contribution is -2.15. The van der Waals surface area contributed by atoms with Crippen molar-refractivity contribution in [2.45, 2.75) is 39.0 Å². The fourth-order valence-corrected chi connectivity index (χ4v) is 1.93. The van der Waals surface area contributed by atoms with E-state index in [0.717, 1.165) is 37.6 Å². The molecule has 1 N–H and O–H groups in total. The van der Waals surface area contributed by atoms with Gasteiger partial charge in [-0.1, -0.05) is 31.9 Å². The van der Waals surface area contributed by atoms with E-state index in [0.29, 0.717) is 0 Å². The Labute approximate surface area is 117 Å². The van der Waals surface area contributed by atoms with Crippen LogP contribution in [0.25, 0.3) is 0 Å². The summed E-state index contributed by atoms with van der Waals surface area (Å²) in [5.74, 6) is 1.65. The second-order valence-electron chi connectivity index (χ2n) is 4.66. The van der Waals surface area contributed by atoms with E-state index in [-0.39, 0.29) is 0 Å². The summed E-state index contributed by atoms with van der Waals surface area (Å²) in [6, 6.07) is 7.80. The molecule has 0 aliphatic rings. The van der Waals surface area contributed by atoms with Crippen LogP contribution in [0.5, 0.6) is 11.5 Å². The van der Waals surface area contributed by atoms with Gasteiger partial charge in [0.15, 0.2) is 11.5 Å². The first-order valence-electron chi connectivity index (χ1n) is 7.35. The number of methoxy groups -OCH3 is 1. The molecule has 0 saturated carbocycles. The highest BCUT2D eigenvalue weighted by Gasteiger charge is 2.01. The number of ether oxygens (including phenoxy) is 2. The zero-order chi connectivity index (χ0) is 13.8. The van der Waals surface area contributed by atoms with Crippen LogP contribution in [-0.2, 0) is 0 Å². The maximum absolute atomic E-state index is 5.73. The summed E-state index contributed by atoms with van der Waals surface area (Å²) in [4.78, 5) is 0. The van der Waals surface area contributed by atoms with Gasteiger partial charge in [-0.3, -0.25) is 0 Å². The Morgan fingerprint density at radius 1 is 0.947 bits per heavy atom. The smallest absolute Gasteiger partial charge is 0.161 e. The van der Waals surface area contributed by atoms with E-state index in [9.17, 15) is 0 Å². The molecule has 1 aromatic rings. The molecule has 0 fully saturated rings. The van der Waals surface area contributed by atoms with Crippen molar-refractivity contribution in [1.82, 2.24) is 5.32 Å². The average Bonchev–Trinajstić information content (AvgIpc) is 2.46. The van der Waals surface area contributed by atoms with Gasteiger partial charge in [0.05, 0.1) is 13.7 Å². The monoisotopic (exact) mass is 265 g/mol. The van der Waals surface area contributed by atoms with Crippen molar-refractivity contribution in [1.29, 1.82) is 0 Å². The number of para-hydroxylation sites is 2. The molecule has 0 spiro atoms. The number of benzene rings is 1. The van der Waals surface area contributed by atoms with Crippen molar-refractivity contribution < 1.29 is 9.47 Å². The minimum atomic E-state index is 0.767. The summed E-state index contributed by atoms with van der Waals surface area (Å²) < 4.78 is 11.0. The lowest BCUT2D eigenvalue weighted by atomic mass is 10.2. The standard InChI is InChI=1S/C16H27NO2/c1-3-12-17-13-8-4-5-9-14-19-16-11-7-6-10-15(16)18-2/h6-7,10-11,17H,3-5,8-9,12-14H2,1-2H3. The molecule has 3 nitrogen and oxygen atoms in total. The lowest BCUT2D eigenvalue weighted by molar-refractivity contribution is 0.285. The van der Waals surface area contributed by atoms with Crippen LogP contribution in [0.3, 0.4) is 0 Å². The topological polar surface area (TPSA) is 30.5 Å². The molecule has 19 heavy (non-hydrogen) atoms. The van der Waals surface area contributed by atoms with Crippen LogP contribution in [0.4, 0.5) is 0 Å². The fraction of sp³-hybridized carbons (Fsp3) is 0.625. The molecule has 108 valence electrons. The number of nitrogens with one attached hydrogen (secondary N) is 1.